The summed E-state index contributed by atoms with van der Waals surface area (Å²) in [5, 5.41) is 10.9. The van der Waals surface area contributed by atoms with Crippen molar-refractivity contribution in [1.82, 2.24) is 4.57 Å². The zero-order valence-electron chi connectivity index (χ0n) is 14.9. The molecule has 2 aromatic rings. The normalized spacial score (nSPS) is 15.7. The first-order chi connectivity index (χ1) is 12.8. The third-order valence-corrected chi connectivity index (χ3v) is 4.57. The molecule has 27 heavy (non-hydrogen) atoms. The van der Waals surface area contributed by atoms with Gasteiger partial charge in [-0.3, -0.25) is 14.9 Å². The smallest absolute Gasteiger partial charge is 0.340 e. The lowest BCUT2D eigenvalue weighted by Crippen LogP contribution is -2.34. The highest BCUT2D eigenvalue weighted by Gasteiger charge is 2.38. The van der Waals surface area contributed by atoms with Gasteiger partial charge in [0.05, 0.1) is 23.5 Å². The number of carbonyl (C=O) groups is 1. The van der Waals surface area contributed by atoms with Crippen molar-refractivity contribution in [3.63, 3.8) is 0 Å². The van der Waals surface area contributed by atoms with Crippen LogP contribution in [0.15, 0.2) is 46.6 Å². The zero-order chi connectivity index (χ0) is 19.9. The fourth-order valence-electron chi connectivity index (χ4n) is 3.07. The maximum atomic E-state index is 12.9. The minimum Gasteiger partial charge on any atom is -0.465 e. The second-order valence-corrected chi connectivity index (χ2v) is 6.08. The molecular formula is C18H17N3O6. The third kappa shape index (κ3) is 2.92. The highest BCUT2D eigenvalue weighted by Crippen LogP contribution is 2.41. The van der Waals surface area contributed by atoms with Crippen molar-refractivity contribution in [3.05, 3.63) is 79.1 Å². The molecule has 0 radical (unpaired) electrons. The Bertz CT molecular complexity index is 1040. The van der Waals surface area contributed by atoms with Crippen LogP contribution < -0.4 is 16.0 Å². The molecule has 1 aliphatic rings. The van der Waals surface area contributed by atoms with Crippen molar-refractivity contribution < 1.29 is 19.2 Å². The molecule has 9 nitrogen and oxygen atoms in total. The number of fused-ring (bicyclic) bond motifs is 1. The number of aromatic nitrogens is 1. The van der Waals surface area contributed by atoms with Crippen LogP contribution in [0.25, 0.3) is 0 Å². The Morgan fingerprint density at radius 1 is 1.33 bits per heavy atom. The molecule has 1 unspecified atom stereocenters. The van der Waals surface area contributed by atoms with Crippen molar-refractivity contribution >= 4 is 11.7 Å². The number of hydrogen-bond donors (Lipinski definition) is 1. The van der Waals surface area contributed by atoms with Crippen LogP contribution in [0.2, 0.25) is 0 Å². The van der Waals surface area contributed by atoms with Crippen molar-refractivity contribution in [2.24, 2.45) is 12.8 Å². The molecule has 0 fully saturated rings. The Hall–Kier alpha value is -3.62. The van der Waals surface area contributed by atoms with Gasteiger partial charge in [0.25, 0.3) is 11.2 Å². The number of nitro benzene ring substituents is 1. The van der Waals surface area contributed by atoms with Crippen LogP contribution in [-0.4, -0.2) is 22.6 Å². The van der Waals surface area contributed by atoms with Gasteiger partial charge in [-0.25, -0.2) is 4.79 Å². The Morgan fingerprint density at radius 3 is 2.52 bits per heavy atom. The maximum Gasteiger partial charge on any atom is 0.340 e. The molecule has 2 N–H and O–H groups in total. The van der Waals surface area contributed by atoms with Gasteiger partial charge < -0.3 is 19.8 Å². The number of non-ortho nitro benzene ring substituents is 1. The minimum absolute atomic E-state index is 0.0280. The Morgan fingerprint density at radius 2 is 1.96 bits per heavy atom. The fourth-order valence-corrected chi connectivity index (χ4v) is 3.07. The molecule has 3 rings (SSSR count). The molecule has 1 aromatic heterocycles. The summed E-state index contributed by atoms with van der Waals surface area (Å²) in [4.78, 5) is 35.7. The topological polar surface area (TPSA) is 127 Å². The lowest BCUT2D eigenvalue weighted by Gasteiger charge is -2.28. The molecule has 1 aromatic carbocycles. The molecule has 0 saturated carbocycles. The van der Waals surface area contributed by atoms with Crippen LogP contribution in [-0.2, 0) is 16.6 Å². The first-order valence-corrected chi connectivity index (χ1v) is 7.97. The third-order valence-electron chi connectivity index (χ3n) is 4.57. The predicted octanol–water partition coefficient (Wildman–Crippen LogP) is 1.47. The van der Waals surface area contributed by atoms with Crippen molar-refractivity contribution in [3.8, 4) is 5.75 Å². The lowest BCUT2D eigenvalue weighted by atomic mass is 9.83. The van der Waals surface area contributed by atoms with E-state index in [1.54, 1.807) is 20.0 Å². The summed E-state index contributed by atoms with van der Waals surface area (Å²) in [7, 11) is 2.79. The van der Waals surface area contributed by atoms with Crippen LogP contribution in [0.3, 0.4) is 0 Å². The summed E-state index contributed by atoms with van der Waals surface area (Å²) in [5.41, 5.74) is 6.80. The lowest BCUT2D eigenvalue weighted by molar-refractivity contribution is -0.384. The summed E-state index contributed by atoms with van der Waals surface area (Å²) >= 11 is 0. The summed E-state index contributed by atoms with van der Waals surface area (Å²) in [6.45, 7) is 1.74. The van der Waals surface area contributed by atoms with E-state index in [1.807, 2.05) is 0 Å². The van der Waals surface area contributed by atoms with Crippen LogP contribution in [0.4, 0.5) is 5.69 Å². The molecule has 0 aliphatic carbocycles. The molecule has 1 aliphatic heterocycles. The summed E-state index contributed by atoms with van der Waals surface area (Å²) in [5.74, 6) is -1.56. The Balaban J connectivity index is 2.30. The number of aryl methyl sites for hydroxylation is 1. The van der Waals surface area contributed by atoms with E-state index in [-0.39, 0.29) is 34.0 Å². The molecule has 0 amide bonds. The Kier molecular flexibility index (Phi) is 4.44. The van der Waals surface area contributed by atoms with Gasteiger partial charge in [0, 0.05) is 30.9 Å². The van der Waals surface area contributed by atoms with E-state index in [0.717, 1.165) is 0 Å². The first-order valence-electron chi connectivity index (χ1n) is 7.97. The van der Waals surface area contributed by atoms with Gasteiger partial charge in [0.1, 0.15) is 11.3 Å². The standard InChI is InChI=1S/C18H17N3O6/c1-9-8-12-14(17(22)20(9)2)13(15(16(19)27-12)18(23)26-3)10-4-6-11(7-5-10)21(24)25/h4-8,13H,19H2,1-3H3. The van der Waals surface area contributed by atoms with E-state index in [1.165, 1.54) is 35.9 Å². The maximum absolute atomic E-state index is 12.9. The van der Waals surface area contributed by atoms with Crippen LogP contribution in [0.5, 0.6) is 5.75 Å². The van der Waals surface area contributed by atoms with Gasteiger partial charge in [-0.05, 0) is 12.5 Å². The van der Waals surface area contributed by atoms with Gasteiger partial charge in [-0.15, -0.1) is 0 Å². The van der Waals surface area contributed by atoms with E-state index in [0.29, 0.717) is 11.3 Å². The van der Waals surface area contributed by atoms with Gasteiger partial charge in [-0.2, -0.15) is 0 Å². The molecule has 140 valence electrons. The SMILES string of the molecule is COC(=O)C1=C(N)Oc2cc(C)n(C)c(=O)c2C1c1ccc([N+](=O)[O-])cc1. The number of ether oxygens (including phenoxy) is 2. The van der Waals surface area contributed by atoms with E-state index in [2.05, 4.69) is 0 Å². The quantitative estimate of drug-likeness (QED) is 0.492. The van der Waals surface area contributed by atoms with Crippen LogP contribution >= 0.6 is 0 Å². The van der Waals surface area contributed by atoms with E-state index in [4.69, 9.17) is 15.2 Å². The largest absolute Gasteiger partial charge is 0.465 e. The molecule has 0 bridgehead atoms. The highest BCUT2D eigenvalue weighted by molar-refractivity contribution is 5.92. The molecule has 9 heteroatoms. The number of hydrogen-bond acceptors (Lipinski definition) is 7. The van der Waals surface area contributed by atoms with Crippen molar-refractivity contribution in [1.29, 1.82) is 0 Å². The van der Waals surface area contributed by atoms with Crippen molar-refractivity contribution in [2.45, 2.75) is 12.8 Å². The average Bonchev–Trinajstić information content (AvgIpc) is 2.64. The zero-order valence-corrected chi connectivity index (χ0v) is 14.9. The van der Waals surface area contributed by atoms with Crippen LogP contribution in [0.1, 0.15) is 22.7 Å². The van der Waals surface area contributed by atoms with E-state index < -0.39 is 16.8 Å². The molecule has 0 spiro atoms. The van der Waals surface area contributed by atoms with Gasteiger partial charge >= 0.3 is 5.97 Å². The molecule has 1 atom stereocenters. The molecule has 2 heterocycles. The second-order valence-electron chi connectivity index (χ2n) is 6.08. The number of methoxy groups -OCH3 is 1. The van der Waals surface area contributed by atoms with Crippen LogP contribution in [0, 0.1) is 17.0 Å². The van der Waals surface area contributed by atoms with Crippen molar-refractivity contribution in [2.75, 3.05) is 7.11 Å². The number of nitrogens with zero attached hydrogens (tertiary/aromatic N) is 2. The second kappa shape index (κ2) is 6.60. The van der Waals surface area contributed by atoms with Gasteiger partial charge in [0.15, 0.2) is 0 Å². The number of rotatable bonds is 3. The first kappa shape index (κ1) is 18.2. The number of pyridine rings is 1. The number of carbonyl (C=O) groups excluding carboxylic acids is 1. The predicted molar refractivity (Wildman–Crippen MR) is 95.2 cm³/mol. The highest BCUT2D eigenvalue weighted by atomic mass is 16.6. The fraction of sp³-hybridized carbons (Fsp3) is 0.222. The summed E-state index contributed by atoms with van der Waals surface area (Å²) in [6.07, 6.45) is 0. The number of esters is 1. The van der Waals surface area contributed by atoms with Gasteiger partial charge in [-0.1, -0.05) is 12.1 Å². The summed E-state index contributed by atoms with van der Waals surface area (Å²) in [6, 6.07) is 7.21. The molecule has 0 saturated heterocycles. The monoisotopic (exact) mass is 371 g/mol. The molecular weight excluding hydrogens is 354 g/mol. The number of nitrogens with two attached hydrogens (primary N) is 1. The van der Waals surface area contributed by atoms with E-state index in [9.17, 15) is 19.7 Å². The average molecular weight is 371 g/mol. The number of benzene rings is 1. The number of nitro groups is 1. The van der Waals surface area contributed by atoms with Gasteiger partial charge in [0.2, 0.25) is 5.88 Å². The minimum atomic E-state index is -0.874. The Labute approximate surface area is 153 Å². The summed E-state index contributed by atoms with van der Waals surface area (Å²) < 4.78 is 11.8. The van der Waals surface area contributed by atoms with E-state index >= 15 is 0 Å².